The highest BCUT2D eigenvalue weighted by Crippen LogP contribution is 2.39. The van der Waals surface area contributed by atoms with Crippen LogP contribution in [-0.4, -0.2) is 14.7 Å². The van der Waals surface area contributed by atoms with E-state index in [9.17, 15) is 13.9 Å². The lowest BCUT2D eigenvalue weighted by Crippen LogP contribution is -2.23. The summed E-state index contributed by atoms with van der Waals surface area (Å²) in [6.07, 6.45) is 1.09. The van der Waals surface area contributed by atoms with Crippen molar-refractivity contribution in [3.63, 3.8) is 0 Å². The first-order chi connectivity index (χ1) is 16.6. The number of halogens is 4. The summed E-state index contributed by atoms with van der Waals surface area (Å²) < 4.78 is 30.0. The minimum Gasteiger partial charge on any atom is -0.389 e. The van der Waals surface area contributed by atoms with Gasteiger partial charge in [-0.1, -0.05) is 67.0 Å². The molecule has 0 aliphatic rings. The highest BCUT2D eigenvalue weighted by atomic mass is 35.5. The van der Waals surface area contributed by atoms with E-state index in [2.05, 4.69) is 4.98 Å². The minimum absolute atomic E-state index is 0.276. The molecule has 0 radical (unpaired) electrons. The molecule has 3 aromatic carbocycles. The fourth-order valence-electron chi connectivity index (χ4n) is 3.93. The van der Waals surface area contributed by atoms with Gasteiger partial charge in [-0.05, 0) is 60.5 Å². The number of rotatable bonds is 7. The van der Waals surface area contributed by atoms with Crippen LogP contribution in [0.4, 0.5) is 8.78 Å². The summed E-state index contributed by atoms with van der Waals surface area (Å²) in [6.45, 7) is 5.75. The van der Waals surface area contributed by atoms with Crippen LogP contribution in [0.15, 0.2) is 72.0 Å². The van der Waals surface area contributed by atoms with E-state index in [1.165, 1.54) is 30.0 Å². The van der Waals surface area contributed by atoms with Gasteiger partial charge in [0, 0.05) is 32.5 Å². The van der Waals surface area contributed by atoms with Crippen molar-refractivity contribution in [3.8, 4) is 5.69 Å². The van der Waals surface area contributed by atoms with Gasteiger partial charge in [-0.15, -0.1) is 0 Å². The van der Waals surface area contributed by atoms with Crippen LogP contribution in [0.5, 0.6) is 0 Å². The summed E-state index contributed by atoms with van der Waals surface area (Å²) in [5.41, 5.74) is 2.97. The van der Waals surface area contributed by atoms with Gasteiger partial charge in [0.15, 0.2) is 5.16 Å². The Balaban J connectivity index is 1.79. The number of aliphatic hydroxyl groups excluding tert-OH is 1. The molecule has 4 aromatic rings. The van der Waals surface area contributed by atoms with Crippen LogP contribution in [-0.2, 0) is 11.2 Å². The number of hydrogen-bond acceptors (Lipinski definition) is 3. The zero-order valence-corrected chi connectivity index (χ0v) is 21.7. The fraction of sp³-hybridized carbons (Fsp3) is 0.222. The van der Waals surface area contributed by atoms with E-state index in [1.54, 1.807) is 37.4 Å². The molecule has 0 fully saturated rings. The van der Waals surface area contributed by atoms with E-state index in [0.29, 0.717) is 26.3 Å². The standard InChI is InChI=1S/C27H24Cl2F2N2OS/c1-16(34)20-12-7-17(13-23(20)29)27(2,3)25-14-32-26(33(25)19-10-8-18(30)9-11-19)35-15-21-22(28)5-4-6-24(21)31/h4-14,16,34H,15H2,1-3H3. The first-order valence-electron chi connectivity index (χ1n) is 11.0. The van der Waals surface area contributed by atoms with Gasteiger partial charge in [0.2, 0.25) is 0 Å². The van der Waals surface area contributed by atoms with Crippen molar-refractivity contribution < 1.29 is 13.9 Å². The van der Waals surface area contributed by atoms with Gasteiger partial charge < -0.3 is 5.11 Å². The van der Waals surface area contributed by atoms with Gasteiger partial charge in [-0.3, -0.25) is 4.57 Å². The van der Waals surface area contributed by atoms with Gasteiger partial charge >= 0.3 is 0 Å². The lowest BCUT2D eigenvalue weighted by molar-refractivity contribution is 0.199. The first kappa shape index (κ1) is 25.7. The molecule has 1 unspecified atom stereocenters. The Morgan fingerprint density at radius 3 is 2.37 bits per heavy atom. The summed E-state index contributed by atoms with van der Waals surface area (Å²) >= 11 is 14.0. The van der Waals surface area contributed by atoms with E-state index < -0.39 is 11.5 Å². The maximum atomic E-state index is 14.4. The molecule has 0 spiro atoms. The third-order valence-electron chi connectivity index (χ3n) is 6.03. The largest absolute Gasteiger partial charge is 0.389 e. The predicted octanol–water partition coefficient (Wildman–Crippen LogP) is 8.13. The molecular weight excluding hydrogens is 509 g/mol. The number of hydrogen-bond donors (Lipinski definition) is 1. The molecule has 1 heterocycles. The lowest BCUT2D eigenvalue weighted by atomic mass is 9.81. The van der Waals surface area contributed by atoms with Crippen molar-refractivity contribution in [2.45, 2.75) is 43.2 Å². The van der Waals surface area contributed by atoms with Crippen molar-refractivity contribution in [1.82, 2.24) is 9.55 Å². The molecule has 1 N–H and O–H groups in total. The third-order valence-corrected chi connectivity index (χ3v) is 7.69. The van der Waals surface area contributed by atoms with Gasteiger partial charge in [-0.25, -0.2) is 13.8 Å². The van der Waals surface area contributed by atoms with Crippen molar-refractivity contribution in [1.29, 1.82) is 0 Å². The Morgan fingerprint density at radius 1 is 1.03 bits per heavy atom. The lowest BCUT2D eigenvalue weighted by Gasteiger charge is -2.28. The smallest absolute Gasteiger partial charge is 0.173 e. The van der Waals surface area contributed by atoms with Crippen molar-refractivity contribution in [2.24, 2.45) is 0 Å². The van der Waals surface area contributed by atoms with Crippen LogP contribution in [0, 0.1) is 11.6 Å². The van der Waals surface area contributed by atoms with Gasteiger partial charge in [0.1, 0.15) is 11.6 Å². The molecule has 0 saturated carbocycles. The Morgan fingerprint density at radius 2 is 1.74 bits per heavy atom. The van der Waals surface area contributed by atoms with Crippen molar-refractivity contribution in [3.05, 3.63) is 111 Å². The summed E-state index contributed by atoms with van der Waals surface area (Å²) in [4.78, 5) is 4.64. The number of benzene rings is 3. The molecule has 0 saturated heterocycles. The van der Waals surface area contributed by atoms with Crippen LogP contribution in [0.1, 0.15) is 49.3 Å². The molecule has 35 heavy (non-hydrogen) atoms. The second-order valence-corrected chi connectivity index (χ2v) is 10.5. The van der Waals surface area contributed by atoms with Gasteiger partial charge in [0.25, 0.3) is 0 Å². The molecule has 4 rings (SSSR count). The average Bonchev–Trinajstić information content (AvgIpc) is 3.23. The maximum absolute atomic E-state index is 14.4. The molecular formula is C27H24Cl2F2N2OS. The molecule has 0 bridgehead atoms. The molecule has 0 aliphatic carbocycles. The normalized spacial score (nSPS) is 12.7. The van der Waals surface area contributed by atoms with Crippen LogP contribution >= 0.6 is 35.0 Å². The van der Waals surface area contributed by atoms with E-state index in [1.807, 2.05) is 36.6 Å². The highest BCUT2D eigenvalue weighted by Gasteiger charge is 2.30. The Labute approximate surface area is 217 Å². The zero-order chi connectivity index (χ0) is 25.3. The molecule has 182 valence electrons. The molecule has 8 heteroatoms. The molecule has 0 amide bonds. The van der Waals surface area contributed by atoms with E-state index in [0.717, 1.165) is 16.9 Å². The monoisotopic (exact) mass is 532 g/mol. The first-order valence-corrected chi connectivity index (χ1v) is 12.7. The Kier molecular flexibility index (Phi) is 7.57. The van der Waals surface area contributed by atoms with Crippen molar-refractivity contribution >= 4 is 35.0 Å². The summed E-state index contributed by atoms with van der Waals surface area (Å²) in [5.74, 6) is -0.445. The van der Waals surface area contributed by atoms with Gasteiger partial charge in [0.05, 0.1) is 18.0 Å². The van der Waals surface area contributed by atoms with E-state index >= 15 is 0 Å². The molecule has 1 aromatic heterocycles. The topological polar surface area (TPSA) is 38.1 Å². The number of thioether (sulfide) groups is 1. The number of nitrogens with zero attached hydrogens (tertiary/aromatic N) is 2. The highest BCUT2D eigenvalue weighted by molar-refractivity contribution is 7.98. The average molecular weight is 533 g/mol. The summed E-state index contributed by atoms with van der Waals surface area (Å²) in [5, 5.41) is 11.4. The van der Waals surface area contributed by atoms with Crippen LogP contribution in [0.25, 0.3) is 5.69 Å². The van der Waals surface area contributed by atoms with E-state index in [-0.39, 0.29) is 17.4 Å². The summed E-state index contributed by atoms with van der Waals surface area (Å²) in [6, 6.07) is 16.3. The predicted molar refractivity (Wildman–Crippen MR) is 139 cm³/mol. The number of aliphatic hydroxyl groups is 1. The second-order valence-electron chi connectivity index (χ2n) is 8.76. The van der Waals surface area contributed by atoms with Crippen molar-refractivity contribution in [2.75, 3.05) is 0 Å². The van der Waals surface area contributed by atoms with Crippen LogP contribution in [0.3, 0.4) is 0 Å². The number of aromatic nitrogens is 2. The zero-order valence-electron chi connectivity index (χ0n) is 19.4. The quantitative estimate of drug-likeness (QED) is 0.244. The molecule has 1 atom stereocenters. The molecule has 0 aliphatic heterocycles. The SMILES string of the molecule is CC(O)c1ccc(C(C)(C)c2cnc(SCc3c(F)cccc3Cl)n2-c2ccc(F)cc2)cc1Cl. The second kappa shape index (κ2) is 10.3. The fourth-order valence-corrected chi connectivity index (χ4v) is 5.60. The third kappa shape index (κ3) is 5.26. The minimum atomic E-state index is -0.683. The van der Waals surface area contributed by atoms with Gasteiger partial charge in [-0.2, -0.15) is 0 Å². The van der Waals surface area contributed by atoms with E-state index in [4.69, 9.17) is 23.2 Å². The maximum Gasteiger partial charge on any atom is 0.173 e. The summed E-state index contributed by atoms with van der Waals surface area (Å²) in [7, 11) is 0. The molecule has 3 nitrogen and oxygen atoms in total. The van der Waals surface area contributed by atoms with Crippen LogP contribution < -0.4 is 0 Å². The Hall–Kier alpha value is -2.38. The van der Waals surface area contributed by atoms with Crippen LogP contribution in [0.2, 0.25) is 10.0 Å². The Bertz CT molecular complexity index is 1330. The number of imidazole rings is 1.